The maximum absolute atomic E-state index is 5.61. The van der Waals surface area contributed by atoms with Gasteiger partial charge < -0.3 is 15.4 Å². The van der Waals surface area contributed by atoms with Gasteiger partial charge in [-0.05, 0) is 12.8 Å². The number of nitrogens with two attached hydrogens (primary N) is 1. The van der Waals surface area contributed by atoms with E-state index in [0.717, 1.165) is 19.4 Å². The van der Waals surface area contributed by atoms with E-state index >= 15 is 0 Å². The summed E-state index contributed by atoms with van der Waals surface area (Å²) < 4.78 is 5.40. The van der Waals surface area contributed by atoms with Gasteiger partial charge in [-0.1, -0.05) is 0 Å². The second-order valence-electron chi connectivity index (χ2n) is 3.23. The Morgan fingerprint density at radius 3 is 2.92 bits per heavy atom. The fraction of sp³-hybridized carbons (Fsp3) is 0.875. The molecule has 1 aliphatic rings. The van der Waals surface area contributed by atoms with Gasteiger partial charge in [-0.3, -0.25) is 4.99 Å². The van der Waals surface area contributed by atoms with Crippen LogP contribution in [0.2, 0.25) is 0 Å². The van der Waals surface area contributed by atoms with E-state index in [2.05, 4.69) is 4.99 Å². The molecule has 0 amide bonds. The molecule has 4 nitrogen and oxygen atoms in total. The normalized spacial score (nSPS) is 24.5. The van der Waals surface area contributed by atoms with Crippen LogP contribution in [0.25, 0.3) is 0 Å². The maximum Gasteiger partial charge on any atom is 0.190 e. The minimum Gasteiger partial charge on any atom is -0.376 e. The molecule has 70 valence electrons. The molecule has 0 radical (unpaired) electrons. The van der Waals surface area contributed by atoms with Crippen molar-refractivity contribution in [3.63, 3.8) is 0 Å². The lowest BCUT2D eigenvalue weighted by atomic mass is 10.2. The quantitative estimate of drug-likeness (QED) is 0.471. The lowest BCUT2D eigenvalue weighted by molar-refractivity contribution is 0.117. The Balaban J connectivity index is 2.26. The van der Waals surface area contributed by atoms with Crippen molar-refractivity contribution in [3.05, 3.63) is 0 Å². The molecule has 1 heterocycles. The summed E-state index contributed by atoms with van der Waals surface area (Å²) in [7, 11) is 3.77. The Morgan fingerprint density at radius 2 is 2.42 bits per heavy atom. The Morgan fingerprint density at radius 1 is 1.67 bits per heavy atom. The summed E-state index contributed by atoms with van der Waals surface area (Å²) in [5.41, 5.74) is 5.61. The third kappa shape index (κ3) is 2.70. The second-order valence-corrected chi connectivity index (χ2v) is 3.23. The fourth-order valence-corrected chi connectivity index (χ4v) is 1.13. The van der Waals surface area contributed by atoms with E-state index in [1.165, 1.54) is 0 Å². The molecule has 1 atom stereocenters. The van der Waals surface area contributed by atoms with Crippen molar-refractivity contribution < 1.29 is 4.74 Å². The molecular formula is C8H17N3O. The summed E-state index contributed by atoms with van der Waals surface area (Å²) in [5, 5.41) is 0. The number of nitrogens with zero attached hydrogens (tertiary/aromatic N) is 2. The fourth-order valence-electron chi connectivity index (χ4n) is 1.13. The monoisotopic (exact) mass is 171 g/mol. The molecule has 2 N–H and O–H groups in total. The number of hydrogen-bond donors (Lipinski definition) is 1. The molecule has 1 rings (SSSR count). The molecule has 0 aliphatic carbocycles. The van der Waals surface area contributed by atoms with Crippen molar-refractivity contribution in [2.24, 2.45) is 10.7 Å². The van der Waals surface area contributed by atoms with Crippen LogP contribution < -0.4 is 5.73 Å². The molecule has 0 aromatic heterocycles. The Bertz CT molecular complexity index is 162. The van der Waals surface area contributed by atoms with Crippen LogP contribution in [-0.4, -0.2) is 44.2 Å². The third-order valence-electron chi connectivity index (χ3n) is 1.94. The van der Waals surface area contributed by atoms with Gasteiger partial charge in [0.2, 0.25) is 0 Å². The van der Waals surface area contributed by atoms with E-state index in [9.17, 15) is 0 Å². The van der Waals surface area contributed by atoms with E-state index in [4.69, 9.17) is 10.5 Å². The minimum absolute atomic E-state index is 0.295. The lowest BCUT2D eigenvalue weighted by Gasteiger charge is -2.12. The first-order chi connectivity index (χ1) is 5.70. The average Bonchev–Trinajstić information content (AvgIpc) is 2.51. The van der Waals surface area contributed by atoms with Crippen LogP contribution in [0.15, 0.2) is 4.99 Å². The molecule has 1 fully saturated rings. The molecule has 1 aliphatic heterocycles. The molecule has 0 saturated carbocycles. The molecule has 0 bridgehead atoms. The largest absolute Gasteiger partial charge is 0.376 e. The molecule has 4 heteroatoms. The first-order valence-electron chi connectivity index (χ1n) is 4.29. The zero-order valence-corrected chi connectivity index (χ0v) is 7.79. The summed E-state index contributed by atoms with van der Waals surface area (Å²) in [5.74, 6) is 0.575. The zero-order valence-electron chi connectivity index (χ0n) is 7.79. The molecule has 0 aromatic carbocycles. The molecule has 1 saturated heterocycles. The Labute approximate surface area is 73.4 Å². The highest BCUT2D eigenvalue weighted by Crippen LogP contribution is 2.11. The van der Waals surface area contributed by atoms with Gasteiger partial charge in [0.1, 0.15) is 0 Å². The Hall–Kier alpha value is -0.770. The van der Waals surface area contributed by atoms with Gasteiger partial charge in [0.15, 0.2) is 5.96 Å². The lowest BCUT2D eigenvalue weighted by Crippen LogP contribution is -2.31. The summed E-state index contributed by atoms with van der Waals surface area (Å²) in [4.78, 5) is 6.00. The number of guanidine groups is 1. The van der Waals surface area contributed by atoms with E-state index < -0.39 is 0 Å². The third-order valence-corrected chi connectivity index (χ3v) is 1.94. The van der Waals surface area contributed by atoms with E-state index in [-0.39, 0.29) is 0 Å². The minimum atomic E-state index is 0.295. The average molecular weight is 171 g/mol. The number of rotatable bonds is 2. The van der Waals surface area contributed by atoms with Crippen molar-refractivity contribution in [1.82, 2.24) is 4.90 Å². The van der Waals surface area contributed by atoms with Crippen molar-refractivity contribution in [1.29, 1.82) is 0 Å². The van der Waals surface area contributed by atoms with Crippen molar-refractivity contribution >= 4 is 5.96 Å². The SMILES string of the molecule is CN(C)C(N)=NCC1CCCO1. The van der Waals surface area contributed by atoms with Crippen LogP contribution in [0.1, 0.15) is 12.8 Å². The van der Waals surface area contributed by atoms with Crippen molar-refractivity contribution in [2.45, 2.75) is 18.9 Å². The van der Waals surface area contributed by atoms with Crippen LogP contribution in [0, 0.1) is 0 Å². The van der Waals surface area contributed by atoms with Gasteiger partial charge in [-0.15, -0.1) is 0 Å². The number of aliphatic imine (C=N–C) groups is 1. The van der Waals surface area contributed by atoms with Crippen molar-refractivity contribution in [3.8, 4) is 0 Å². The predicted octanol–water partition coefficient (Wildman–Crippen LogP) is 0.0417. The summed E-state index contributed by atoms with van der Waals surface area (Å²) in [6.45, 7) is 1.58. The van der Waals surface area contributed by atoms with Gasteiger partial charge in [-0.2, -0.15) is 0 Å². The molecule has 0 aromatic rings. The summed E-state index contributed by atoms with van der Waals surface area (Å²) in [6, 6.07) is 0. The van der Waals surface area contributed by atoms with Gasteiger partial charge in [0.05, 0.1) is 12.6 Å². The molecule has 12 heavy (non-hydrogen) atoms. The molecular weight excluding hydrogens is 154 g/mol. The van der Waals surface area contributed by atoms with Gasteiger partial charge >= 0.3 is 0 Å². The van der Waals surface area contributed by atoms with Crippen LogP contribution >= 0.6 is 0 Å². The highest BCUT2D eigenvalue weighted by molar-refractivity contribution is 5.77. The number of hydrogen-bond acceptors (Lipinski definition) is 2. The van der Waals surface area contributed by atoms with Crippen LogP contribution in [-0.2, 0) is 4.74 Å². The standard InChI is InChI=1S/C8H17N3O/c1-11(2)8(9)10-6-7-4-3-5-12-7/h7H,3-6H2,1-2H3,(H2,9,10). The number of ether oxygens (including phenoxy) is 1. The van der Waals surface area contributed by atoms with E-state index in [1.807, 2.05) is 14.1 Å². The first kappa shape index (κ1) is 9.32. The van der Waals surface area contributed by atoms with E-state index in [1.54, 1.807) is 4.90 Å². The molecule has 0 spiro atoms. The predicted molar refractivity (Wildman–Crippen MR) is 49.2 cm³/mol. The first-order valence-corrected chi connectivity index (χ1v) is 4.29. The zero-order chi connectivity index (χ0) is 8.97. The maximum atomic E-state index is 5.61. The highest BCUT2D eigenvalue weighted by Gasteiger charge is 2.14. The molecule has 1 unspecified atom stereocenters. The van der Waals surface area contributed by atoms with Gasteiger partial charge in [-0.25, -0.2) is 0 Å². The highest BCUT2D eigenvalue weighted by atomic mass is 16.5. The smallest absolute Gasteiger partial charge is 0.190 e. The second kappa shape index (κ2) is 4.30. The van der Waals surface area contributed by atoms with Crippen LogP contribution in [0.4, 0.5) is 0 Å². The van der Waals surface area contributed by atoms with Crippen molar-refractivity contribution in [2.75, 3.05) is 27.2 Å². The van der Waals surface area contributed by atoms with Gasteiger partial charge in [0.25, 0.3) is 0 Å². The summed E-state index contributed by atoms with van der Waals surface area (Å²) >= 11 is 0. The van der Waals surface area contributed by atoms with Gasteiger partial charge in [0, 0.05) is 20.7 Å². The van der Waals surface area contributed by atoms with Crippen LogP contribution in [0.3, 0.4) is 0 Å². The van der Waals surface area contributed by atoms with E-state index in [0.29, 0.717) is 18.6 Å². The Kier molecular flexibility index (Phi) is 3.34. The summed E-state index contributed by atoms with van der Waals surface area (Å²) in [6.07, 6.45) is 2.57. The van der Waals surface area contributed by atoms with Crippen LogP contribution in [0.5, 0.6) is 0 Å². The topological polar surface area (TPSA) is 50.8 Å².